The van der Waals surface area contributed by atoms with Gasteiger partial charge in [-0.05, 0) is 35.6 Å². The Labute approximate surface area is 187 Å². The molecule has 3 atom stereocenters. The highest BCUT2D eigenvalue weighted by molar-refractivity contribution is 6.30. The fraction of sp³-hybridized carbons (Fsp3) is 0.304. The topological polar surface area (TPSA) is 78.6 Å². The minimum Gasteiger partial charge on any atom is -0.457 e. The van der Waals surface area contributed by atoms with Gasteiger partial charge in [-0.15, -0.1) is 0 Å². The largest absolute Gasteiger partial charge is 0.457 e. The highest BCUT2D eigenvalue weighted by Crippen LogP contribution is 2.60. The lowest BCUT2D eigenvalue weighted by Gasteiger charge is -2.16. The van der Waals surface area contributed by atoms with Gasteiger partial charge in [0.15, 0.2) is 0 Å². The van der Waals surface area contributed by atoms with Gasteiger partial charge in [0, 0.05) is 5.56 Å². The SMILES string of the molecule is CC1(C)[C@H](/C=C(\Cl)C(F)(F)F)[C@@H]1C(=O)OC(C(N)=O)c1cccc(Oc2ccccc2)c1. The molecule has 0 aromatic heterocycles. The number of benzene rings is 2. The quantitative estimate of drug-likeness (QED) is 0.545. The molecule has 170 valence electrons. The van der Waals surface area contributed by atoms with E-state index in [1.54, 1.807) is 50.2 Å². The van der Waals surface area contributed by atoms with Crippen LogP contribution in [0.1, 0.15) is 25.5 Å². The van der Waals surface area contributed by atoms with Gasteiger partial charge in [0.1, 0.15) is 16.5 Å². The fourth-order valence-corrected chi connectivity index (χ4v) is 3.67. The van der Waals surface area contributed by atoms with Crippen molar-refractivity contribution in [3.63, 3.8) is 0 Å². The molecule has 0 heterocycles. The van der Waals surface area contributed by atoms with Crippen molar-refractivity contribution in [1.82, 2.24) is 0 Å². The lowest BCUT2D eigenvalue weighted by molar-refractivity contribution is -0.157. The van der Waals surface area contributed by atoms with Crippen molar-refractivity contribution < 1.29 is 32.2 Å². The lowest BCUT2D eigenvalue weighted by Crippen LogP contribution is -2.27. The molecule has 2 N–H and O–H groups in total. The van der Waals surface area contributed by atoms with Crippen molar-refractivity contribution in [3.8, 4) is 11.5 Å². The van der Waals surface area contributed by atoms with E-state index in [0.717, 1.165) is 6.08 Å². The van der Waals surface area contributed by atoms with E-state index >= 15 is 0 Å². The number of hydrogen-bond acceptors (Lipinski definition) is 4. The summed E-state index contributed by atoms with van der Waals surface area (Å²) in [5.41, 5.74) is 4.90. The smallest absolute Gasteiger partial charge is 0.426 e. The fourth-order valence-electron chi connectivity index (χ4n) is 3.54. The molecule has 1 aliphatic carbocycles. The Hall–Kier alpha value is -3.00. The van der Waals surface area contributed by atoms with Crippen LogP contribution in [-0.4, -0.2) is 18.1 Å². The van der Waals surface area contributed by atoms with E-state index in [-0.39, 0.29) is 5.56 Å². The summed E-state index contributed by atoms with van der Waals surface area (Å²) >= 11 is 5.32. The van der Waals surface area contributed by atoms with Gasteiger partial charge in [-0.25, -0.2) is 0 Å². The molecule has 2 aromatic rings. The van der Waals surface area contributed by atoms with Crippen LogP contribution in [0.3, 0.4) is 0 Å². The molecule has 1 fully saturated rings. The van der Waals surface area contributed by atoms with E-state index in [4.69, 9.17) is 26.8 Å². The number of amides is 1. The molecule has 0 bridgehead atoms. The summed E-state index contributed by atoms with van der Waals surface area (Å²) in [7, 11) is 0. The zero-order valence-electron chi connectivity index (χ0n) is 17.2. The third-order valence-corrected chi connectivity index (χ3v) is 5.73. The third kappa shape index (κ3) is 5.24. The number of carbonyl (C=O) groups excluding carboxylic acids is 2. The molecule has 1 saturated carbocycles. The Morgan fingerprint density at radius 2 is 1.72 bits per heavy atom. The zero-order valence-corrected chi connectivity index (χ0v) is 18.0. The minimum atomic E-state index is -4.70. The van der Waals surface area contributed by atoms with Crippen molar-refractivity contribution in [2.24, 2.45) is 23.0 Å². The number of alkyl halides is 3. The van der Waals surface area contributed by atoms with Crippen LogP contribution < -0.4 is 10.5 Å². The van der Waals surface area contributed by atoms with Crippen LogP contribution in [-0.2, 0) is 14.3 Å². The van der Waals surface area contributed by atoms with Gasteiger partial charge in [0.05, 0.1) is 5.92 Å². The number of hydrogen-bond donors (Lipinski definition) is 1. The molecular formula is C23H21ClF3NO4. The number of esters is 1. The standard InChI is InChI=1S/C23H21ClF3NO4/c1-22(2)16(12-17(24)23(25,26)27)18(22)21(30)32-19(20(28)29)13-7-6-10-15(11-13)31-14-8-4-3-5-9-14/h3-12,16,18-19H,1-2H3,(H2,28,29)/b17-12-/t16-,18-,19?/m1/s1. The number of allylic oxidation sites excluding steroid dienone is 2. The van der Waals surface area contributed by atoms with Crippen molar-refractivity contribution in [3.05, 3.63) is 71.3 Å². The van der Waals surface area contributed by atoms with Crippen LogP contribution in [0.25, 0.3) is 0 Å². The van der Waals surface area contributed by atoms with E-state index in [1.165, 1.54) is 12.1 Å². The molecule has 0 spiro atoms. The van der Waals surface area contributed by atoms with Crippen molar-refractivity contribution in [1.29, 1.82) is 0 Å². The van der Waals surface area contributed by atoms with E-state index in [2.05, 4.69) is 0 Å². The third-order valence-electron chi connectivity index (χ3n) is 5.39. The van der Waals surface area contributed by atoms with E-state index < -0.39 is 46.4 Å². The number of nitrogens with two attached hydrogens (primary N) is 1. The monoisotopic (exact) mass is 467 g/mol. The lowest BCUT2D eigenvalue weighted by atomic mass is 10.1. The molecule has 0 radical (unpaired) electrons. The minimum absolute atomic E-state index is 0.276. The highest BCUT2D eigenvalue weighted by Gasteiger charge is 2.62. The van der Waals surface area contributed by atoms with Gasteiger partial charge in [-0.2, -0.15) is 13.2 Å². The normalized spacial score (nSPS) is 20.9. The summed E-state index contributed by atoms with van der Waals surface area (Å²) in [6.07, 6.45) is -5.33. The summed E-state index contributed by atoms with van der Waals surface area (Å²) < 4.78 is 49.3. The molecule has 1 unspecified atom stereocenters. The number of rotatable bonds is 7. The summed E-state index contributed by atoms with van der Waals surface area (Å²) in [4.78, 5) is 24.7. The molecule has 0 saturated heterocycles. The first-order valence-corrected chi connectivity index (χ1v) is 10.1. The molecule has 0 aliphatic heterocycles. The first-order valence-electron chi connectivity index (χ1n) is 9.68. The summed E-state index contributed by atoms with van der Waals surface area (Å²) in [6.45, 7) is 3.24. The first kappa shape index (κ1) is 23.7. The summed E-state index contributed by atoms with van der Waals surface area (Å²) in [6, 6.07) is 15.2. The van der Waals surface area contributed by atoms with Crippen LogP contribution in [0.4, 0.5) is 13.2 Å². The molecule has 9 heteroatoms. The molecule has 1 amide bonds. The average molecular weight is 468 g/mol. The maximum atomic E-state index is 12.8. The highest BCUT2D eigenvalue weighted by atomic mass is 35.5. The predicted molar refractivity (Wildman–Crippen MR) is 112 cm³/mol. The van der Waals surface area contributed by atoms with E-state index in [1.807, 2.05) is 6.07 Å². The van der Waals surface area contributed by atoms with Gasteiger partial charge in [0.2, 0.25) is 6.10 Å². The van der Waals surface area contributed by atoms with Crippen molar-refractivity contribution in [2.75, 3.05) is 0 Å². The number of para-hydroxylation sites is 1. The van der Waals surface area contributed by atoms with Gasteiger partial charge in [0.25, 0.3) is 5.91 Å². The number of primary amides is 1. The average Bonchev–Trinajstić information content (AvgIpc) is 3.25. The molecular weight excluding hydrogens is 447 g/mol. The van der Waals surface area contributed by atoms with Crippen LogP contribution in [0.5, 0.6) is 11.5 Å². The number of halogens is 4. The Kier molecular flexibility index (Phi) is 6.55. The Morgan fingerprint density at radius 3 is 2.31 bits per heavy atom. The van der Waals surface area contributed by atoms with Gasteiger partial charge in [-0.3, -0.25) is 9.59 Å². The number of carbonyl (C=O) groups is 2. The molecule has 2 aromatic carbocycles. The Bertz CT molecular complexity index is 1040. The second kappa shape index (κ2) is 8.86. The van der Waals surface area contributed by atoms with Crippen LogP contribution in [0, 0.1) is 17.3 Å². The molecule has 5 nitrogen and oxygen atoms in total. The zero-order chi connectivity index (χ0) is 23.7. The van der Waals surface area contributed by atoms with Crippen molar-refractivity contribution >= 4 is 23.5 Å². The second-order valence-electron chi connectivity index (χ2n) is 8.04. The molecule has 32 heavy (non-hydrogen) atoms. The molecule has 3 rings (SSSR count). The Morgan fingerprint density at radius 1 is 1.09 bits per heavy atom. The maximum absolute atomic E-state index is 12.8. The summed E-state index contributed by atoms with van der Waals surface area (Å²) in [5, 5.41) is -1.30. The predicted octanol–water partition coefficient (Wildman–Crippen LogP) is 5.51. The molecule has 1 aliphatic rings. The number of ether oxygens (including phenoxy) is 2. The van der Waals surface area contributed by atoms with Gasteiger partial charge < -0.3 is 15.2 Å². The van der Waals surface area contributed by atoms with Gasteiger partial charge in [-0.1, -0.05) is 61.9 Å². The van der Waals surface area contributed by atoms with Crippen LogP contribution in [0.15, 0.2) is 65.7 Å². The van der Waals surface area contributed by atoms with Crippen LogP contribution in [0.2, 0.25) is 0 Å². The van der Waals surface area contributed by atoms with Crippen LogP contribution >= 0.6 is 11.6 Å². The van der Waals surface area contributed by atoms with E-state index in [9.17, 15) is 22.8 Å². The summed E-state index contributed by atoms with van der Waals surface area (Å²) in [5.74, 6) is -2.49. The first-order chi connectivity index (χ1) is 14.9. The van der Waals surface area contributed by atoms with Crippen molar-refractivity contribution in [2.45, 2.75) is 26.1 Å². The maximum Gasteiger partial charge on any atom is 0.426 e. The van der Waals surface area contributed by atoms with E-state index in [0.29, 0.717) is 11.5 Å². The Balaban J connectivity index is 1.77. The van der Waals surface area contributed by atoms with Gasteiger partial charge >= 0.3 is 12.1 Å². The second-order valence-corrected chi connectivity index (χ2v) is 8.45.